The highest BCUT2D eigenvalue weighted by molar-refractivity contribution is 6.03. The molecule has 1 heterocycles. The molecular formula is C67H119N7O20. The van der Waals surface area contributed by atoms with E-state index < -0.39 is 35.8 Å². The van der Waals surface area contributed by atoms with E-state index in [4.69, 9.17) is 62.9 Å². The van der Waals surface area contributed by atoms with Gasteiger partial charge in [0.15, 0.2) is 0 Å². The summed E-state index contributed by atoms with van der Waals surface area (Å²) in [6.07, 6.45) is 17.4. The molecule has 2 rings (SSSR count). The van der Waals surface area contributed by atoms with Crippen LogP contribution in [0.15, 0.2) is 29.8 Å². The summed E-state index contributed by atoms with van der Waals surface area (Å²) < 4.78 is 59.7. The molecule has 542 valence electrons. The summed E-state index contributed by atoms with van der Waals surface area (Å²) in [6, 6.07) is 3.97. The normalized spacial score (nSPS) is 13.1. The molecule has 1 aliphatic rings. The summed E-state index contributed by atoms with van der Waals surface area (Å²) in [7, 11) is 1.50. The van der Waals surface area contributed by atoms with Gasteiger partial charge in [-0.05, 0) is 73.4 Å². The molecule has 3 unspecified atom stereocenters. The number of nitrogens with one attached hydrogen (secondary N) is 4. The average Bonchev–Trinajstić information content (AvgIpc) is 1.75. The maximum absolute atomic E-state index is 13.0. The highest BCUT2D eigenvalue weighted by Crippen LogP contribution is 2.21. The summed E-state index contributed by atoms with van der Waals surface area (Å²) in [4.78, 5) is 96.0. The summed E-state index contributed by atoms with van der Waals surface area (Å²) >= 11 is 0. The third-order valence-corrected chi connectivity index (χ3v) is 12.9. The molecule has 0 bridgehead atoms. The van der Waals surface area contributed by atoms with E-state index in [1.807, 2.05) is 13.8 Å². The highest BCUT2D eigenvalue weighted by Gasteiger charge is 2.35. The Balaban J connectivity index is -0.00000169. The zero-order chi connectivity index (χ0) is 71.0. The summed E-state index contributed by atoms with van der Waals surface area (Å²) in [5.41, 5.74) is 12.5. The second kappa shape index (κ2) is 65.5. The molecule has 0 spiro atoms. The Morgan fingerprint density at radius 1 is 0.628 bits per heavy atom. The Kier molecular flexibility index (Phi) is 64.1. The number of aliphatic carboxylic acids is 1. The second-order valence-electron chi connectivity index (χ2n) is 21.4. The molecule has 1 aromatic rings. The van der Waals surface area contributed by atoms with Gasteiger partial charge in [-0.25, -0.2) is 4.79 Å². The van der Waals surface area contributed by atoms with Crippen molar-refractivity contribution in [3.05, 3.63) is 41.0 Å². The van der Waals surface area contributed by atoms with Crippen molar-refractivity contribution in [1.29, 1.82) is 0 Å². The smallest absolute Gasteiger partial charge is 0.312 e. The lowest BCUT2D eigenvalue weighted by Crippen LogP contribution is -2.51. The lowest BCUT2D eigenvalue weighted by molar-refractivity contribution is -0.145. The highest BCUT2D eigenvalue weighted by atomic mass is 16.6. The fourth-order valence-electron chi connectivity index (χ4n) is 7.83. The van der Waals surface area contributed by atoms with Crippen LogP contribution in [-0.2, 0) is 98.9 Å². The van der Waals surface area contributed by atoms with Crippen LogP contribution < -0.4 is 32.7 Å². The monoisotopic (exact) mass is 1340 g/mol. The predicted molar refractivity (Wildman–Crippen MR) is 359 cm³/mol. The third kappa shape index (κ3) is 54.1. The number of rotatable bonds is 53. The predicted octanol–water partition coefficient (Wildman–Crippen LogP) is 6.10. The summed E-state index contributed by atoms with van der Waals surface area (Å²) in [5.74, 6) is -3.09. The quantitative estimate of drug-likeness (QED) is 0.0127. The van der Waals surface area contributed by atoms with Gasteiger partial charge in [-0.3, -0.25) is 38.5 Å². The number of ether oxygens (including phenoxy) is 11. The molecule has 0 saturated carbocycles. The van der Waals surface area contributed by atoms with Gasteiger partial charge < -0.3 is 89.9 Å². The van der Waals surface area contributed by atoms with Gasteiger partial charge >= 0.3 is 18.0 Å². The number of nitrogens with zero attached hydrogens (tertiary/aromatic N) is 1. The molecule has 94 heavy (non-hydrogen) atoms. The molecule has 1 saturated heterocycles. The number of imide groups is 1. The van der Waals surface area contributed by atoms with Crippen LogP contribution in [0.3, 0.4) is 0 Å². The van der Waals surface area contributed by atoms with Crippen molar-refractivity contribution in [3.63, 3.8) is 0 Å². The Labute approximate surface area is 560 Å². The van der Waals surface area contributed by atoms with Gasteiger partial charge in [0.2, 0.25) is 29.5 Å². The Bertz CT molecular complexity index is 2190. The van der Waals surface area contributed by atoms with Gasteiger partial charge in [0.25, 0.3) is 0 Å². The van der Waals surface area contributed by atoms with Gasteiger partial charge in [0, 0.05) is 44.0 Å². The number of urea groups is 1. The number of esters is 1. The minimum atomic E-state index is -0.883. The van der Waals surface area contributed by atoms with Gasteiger partial charge in [0.05, 0.1) is 145 Å². The zero-order valence-electron chi connectivity index (χ0n) is 58.3. The molecule has 1 aliphatic heterocycles. The molecule has 27 nitrogen and oxygen atoms in total. The molecule has 9 N–H and O–H groups in total. The van der Waals surface area contributed by atoms with E-state index in [-0.39, 0.29) is 95.0 Å². The van der Waals surface area contributed by atoms with Crippen molar-refractivity contribution in [1.82, 2.24) is 20.9 Å². The summed E-state index contributed by atoms with van der Waals surface area (Å²) in [5, 5.41) is 19.0. The molecule has 0 aliphatic carbocycles. The van der Waals surface area contributed by atoms with E-state index in [0.717, 1.165) is 62.7 Å². The lowest BCUT2D eigenvalue weighted by atomic mass is 10.0. The number of terminal acetylenes is 1. The van der Waals surface area contributed by atoms with Gasteiger partial charge in [-0.15, -0.1) is 12.8 Å². The number of unbranched alkanes of at least 4 members (excludes halogenated alkanes) is 1. The maximum Gasteiger partial charge on any atom is 0.312 e. The molecule has 1 fully saturated rings. The number of hydrogen-bond donors (Lipinski definition) is 7. The number of amides is 7. The van der Waals surface area contributed by atoms with E-state index in [9.17, 15) is 38.4 Å². The SMILES string of the molecule is C#C.CCCCC(=O)OCc1ccc(NC(=O)CNC(=O)C(NC(=O)CCOCCN2C(=O)CC(C)C2=O)C(C)C)cc1COC/C(=C/C(C)CC)CCC.CCCNC(N)=O.CCCOCCOCCOCCOCCOCCOCCOCCOCCC(=O)O.CN. The first-order valence-electron chi connectivity index (χ1n) is 32.9. The first-order valence-corrected chi connectivity index (χ1v) is 32.9. The van der Waals surface area contributed by atoms with Crippen molar-refractivity contribution < 1.29 is 95.6 Å². The standard InChI is InChI=1S/C40H62N4O9.C20H40O10.C4H10N2O.C2H2.CH5N/c1-8-11-13-37(48)53-26-31-14-15-33(22-32(31)25-52-24-30(12-9-2)20-28(6)10-3)42-35(46)23-41-39(49)38(27(4)5)43-34(45)16-18-51-19-17-44-36(47)21-29(7)40(44)50;1-2-4-23-6-8-25-10-12-27-14-16-29-18-19-30-17-15-28-13-11-26-9-7-24-5-3-20(21)22;1-2-3-6-4(5)7;2*1-2/h14-15,20,22,27-29,38H,8-13,16-19,21,23-26H2,1-7H3,(H,41,49)(H,42,46)(H,43,45);2-19H2,1H3,(H,21,22);2-3H2,1H3,(H3,5,6,7);1-2H;2H2,1H3/b30-20+;;;;. The number of carbonyl (C=O) groups is 8. The van der Waals surface area contributed by atoms with Gasteiger partial charge in [-0.1, -0.05) is 93.7 Å². The van der Waals surface area contributed by atoms with E-state index in [1.54, 1.807) is 39.0 Å². The summed E-state index contributed by atoms with van der Waals surface area (Å²) in [6.45, 7) is 27.4. The average molecular weight is 1340 g/mol. The molecule has 7 amide bonds. The maximum atomic E-state index is 13.0. The van der Waals surface area contributed by atoms with E-state index in [0.29, 0.717) is 124 Å². The van der Waals surface area contributed by atoms with Crippen LogP contribution in [0, 0.1) is 30.6 Å². The van der Waals surface area contributed by atoms with E-state index in [1.165, 1.54) is 17.5 Å². The van der Waals surface area contributed by atoms with Crippen LogP contribution in [-0.4, -0.2) is 216 Å². The molecule has 0 aromatic heterocycles. The Morgan fingerprint density at radius 2 is 1.15 bits per heavy atom. The van der Waals surface area contributed by atoms with Gasteiger partial charge in [0.1, 0.15) is 12.6 Å². The van der Waals surface area contributed by atoms with E-state index >= 15 is 0 Å². The molecule has 27 heteroatoms. The number of allylic oxidation sites excluding steroid dienone is 1. The topological polar surface area (TPSA) is 362 Å². The number of carboxylic acids is 1. The van der Waals surface area contributed by atoms with Crippen LogP contribution in [0.5, 0.6) is 0 Å². The van der Waals surface area contributed by atoms with Crippen molar-refractivity contribution in [3.8, 4) is 12.8 Å². The van der Waals surface area contributed by atoms with Crippen molar-refractivity contribution in [2.24, 2.45) is 29.2 Å². The van der Waals surface area contributed by atoms with E-state index in [2.05, 4.69) is 73.6 Å². The number of anilines is 1. The minimum Gasteiger partial charge on any atom is -0.481 e. The largest absolute Gasteiger partial charge is 0.481 e. The zero-order valence-corrected chi connectivity index (χ0v) is 58.3. The minimum absolute atomic E-state index is 0.00711. The lowest BCUT2D eigenvalue weighted by Gasteiger charge is -2.22. The molecule has 1 aromatic carbocycles. The van der Waals surface area contributed by atoms with Crippen LogP contribution >= 0.6 is 0 Å². The fourth-order valence-corrected chi connectivity index (χ4v) is 7.83. The first-order chi connectivity index (χ1) is 45.3. The van der Waals surface area contributed by atoms with Gasteiger partial charge in [-0.2, -0.15) is 0 Å². The third-order valence-electron chi connectivity index (χ3n) is 12.9. The van der Waals surface area contributed by atoms with Crippen molar-refractivity contribution >= 4 is 53.2 Å². The number of carbonyl (C=O) groups excluding carboxylic acids is 7. The number of benzene rings is 1. The number of primary amides is 1. The van der Waals surface area contributed by atoms with Crippen molar-refractivity contribution in [2.75, 3.05) is 158 Å². The molecule has 3 atom stereocenters. The molecule has 0 radical (unpaired) electrons. The Hall–Kier alpha value is -6.16. The number of likely N-dealkylation sites (tertiary alicyclic amines) is 1. The van der Waals surface area contributed by atoms with Crippen LogP contribution in [0.1, 0.15) is 144 Å². The Morgan fingerprint density at radius 3 is 1.60 bits per heavy atom. The molecular weight excluding hydrogens is 1220 g/mol. The number of nitrogens with two attached hydrogens (primary N) is 2. The van der Waals surface area contributed by atoms with Crippen LogP contribution in [0.4, 0.5) is 10.5 Å². The fraction of sp³-hybridized carbons (Fsp3) is 0.731. The first kappa shape index (κ1) is 92.0. The van der Waals surface area contributed by atoms with Crippen LogP contribution in [0.2, 0.25) is 0 Å². The van der Waals surface area contributed by atoms with Crippen LogP contribution in [0.25, 0.3) is 0 Å². The van der Waals surface area contributed by atoms with Crippen molar-refractivity contribution in [2.45, 2.75) is 152 Å². The second-order valence-corrected chi connectivity index (χ2v) is 21.4. The number of carboxylic acid groups (broad SMARTS) is 1. The number of hydrogen-bond acceptors (Lipinski definition) is 20.